The minimum Gasteiger partial charge on any atom is -0.368 e. The van der Waals surface area contributed by atoms with Gasteiger partial charge in [-0.25, -0.2) is 4.68 Å². The maximum atomic E-state index is 4.60. The fourth-order valence-corrected chi connectivity index (χ4v) is 4.53. The molecule has 1 aromatic carbocycles. The number of benzene rings is 1. The van der Waals surface area contributed by atoms with Crippen molar-refractivity contribution < 1.29 is 0 Å². The average Bonchev–Trinajstić information content (AvgIpc) is 3.09. The van der Waals surface area contributed by atoms with Crippen molar-refractivity contribution in [3.05, 3.63) is 94.6 Å². The van der Waals surface area contributed by atoms with E-state index in [9.17, 15) is 0 Å². The van der Waals surface area contributed by atoms with E-state index in [1.165, 1.54) is 11.4 Å². The number of anilines is 1. The topological polar surface area (TPSA) is 49.2 Å². The number of hydrogen-bond donors (Lipinski definition) is 1. The molecular weight excluding hydrogens is 452 g/mol. The number of fused-ring (bicyclic) bond motifs is 1. The Bertz CT molecular complexity index is 1080. The molecule has 4 heterocycles. The summed E-state index contributed by atoms with van der Waals surface area (Å²) in [7, 11) is 0. The molecule has 2 aromatic heterocycles. The molecule has 7 heteroatoms. The monoisotopic (exact) mass is 476 g/mol. The van der Waals surface area contributed by atoms with Gasteiger partial charge in [0.25, 0.3) is 0 Å². The third-order valence-electron chi connectivity index (χ3n) is 5.80. The van der Waals surface area contributed by atoms with E-state index in [2.05, 4.69) is 89.7 Å². The lowest BCUT2D eigenvalue weighted by Crippen LogP contribution is -2.45. The Kier molecular flexibility index (Phi) is 5.76. The van der Waals surface area contributed by atoms with Crippen LogP contribution in [0.15, 0.2) is 83.4 Å². The highest BCUT2D eigenvalue weighted by Gasteiger charge is 2.22. The summed E-state index contributed by atoms with van der Waals surface area (Å²) in [4.78, 5) is 9.16. The van der Waals surface area contributed by atoms with Crippen molar-refractivity contribution in [3.8, 4) is 0 Å². The van der Waals surface area contributed by atoms with Crippen LogP contribution in [0.4, 0.5) is 5.69 Å². The molecule has 2 aliphatic rings. The van der Waals surface area contributed by atoms with E-state index in [1.54, 1.807) is 6.20 Å². The molecule has 158 valence electrons. The van der Waals surface area contributed by atoms with Gasteiger partial charge in [-0.05, 0) is 39.7 Å². The summed E-state index contributed by atoms with van der Waals surface area (Å²) >= 11 is 3.66. The number of pyridine rings is 1. The minimum absolute atomic E-state index is 0.700. The zero-order valence-corrected chi connectivity index (χ0v) is 18.9. The van der Waals surface area contributed by atoms with Crippen LogP contribution in [-0.2, 0) is 13.0 Å². The first-order chi connectivity index (χ1) is 15.3. The van der Waals surface area contributed by atoms with Gasteiger partial charge < -0.3 is 15.1 Å². The summed E-state index contributed by atoms with van der Waals surface area (Å²) in [6, 6.07) is 14.7. The lowest BCUT2D eigenvalue weighted by Gasteiger charge is -2.38. The number of halogens is 1. The van der Waals surface area contributed by atoms with Crippen LogP contribution in [0.2, 0.25) is 0 Å². The normalized spacial score (nSPS) is 16.3. The fraction of sp³-hybridized carbons (Fsp3) is 0.250. The minimum atomic E-state index is 0.700. The van der Waals surface area contributed by atoms with Crippen molar-refractivity contribution in [1.82, 2.24) is 25.0 Å². The second-order valence-corrected chi connectivity index (χ2v) is 8.59. The maximum absolute atomic E-state index is 4.60. The number of nitrogens with zero attached hydrogens (tertiary/aromatic N) is 5. The van der Waals surface area contributed by atoms with Crippen molar-refractivity contribution in [2.75, 3.05) is 31.1 Å². The Labute approximate surface area is 191 Å². The number of nitrogens with one attached hydrogen (secondary N) is 1. The Balaban J connectivity index is 1.34. The Morgan fingerprint density at radius 1 is 0.935 bits per heavy atom. The summed E-state index contributed by atoms with van der Waals surface area (Å²) < 4.78 is 3.04. The number of piperazine rings is 1. The number of rotatable bonds is 5. The van der Waals surface area contributed by atoms with Gasteiger partial charge >= 0.3 is 0 Å². The summed E-state index contributed by atoms with van der Waals surface area (Å²) in [5.41, 5.74) is 4.85. The van der Waals surface area contributed by atoms with Gasteiger partial charge in [-0.3, -0.25) is 4.98 Å². The first-order valence-electron chi connectivity index (χ1n) is 10.6. The molecule has 3 aromatic rings. The van der Waals surface area contributed by atoms with Crippen LogP contribution in [-0.4, -0.2) is 45.8 Å². The smallest absolute Gasteiger partial charge is 0.130 e. The summed E-state index contributed by atoms with van der Waals surface area (Å²) in [6.45, 7) is 4.72. The van der Waals surface area contributed by atoms with Crippen LogP contribution in [0.1, 0.15) is 11.3 Å². The van der Waals surface area contributed by atoms with E-state index < -0.39 is 0 Å². The predicted octanol–water partition coefficient (Wildman–Crippen LogP) is 3.89. The van der Waals surface area contributed by atoms with Gasteiger partial charge in [0.2, 0.25) is 0 Å². The van der Waals surface area contributed by atoms with Gasteiger partial charge in [0.05, 0.1) is 16.4 Å². The molecule has 6 nitrogen and oxygen atoms in total. The van der Waals surface area contributed by atoms with Crippen LogP contribution in [0.25, 0.3) is 5.82 Å². The molecule has 2 aliphatic heterocycles. The molecule has 0 spiro atoms. The summed E-state index contributed by atoms with van der Waals surface area (Å²) in [5.74, 6) is 0.985. The number of allylic oxidation sites excluding steroid dienone is 2. The molecule has 0 amide bonds. The molecule has 1 saturated heterocycles. The van der Waals surface area contributed by atoms with Crippen molar-refractivity contribution in [1.29, 1.82) is 0 Å². The highest BCUT2D eigenvalue weighted by molar-refractivity contribution is 9.10. The van der Waals surface area contributed by atoms with E-state index in [0.29, 0.717) is 6.54 Å². The quantitative estimate of drug-likeness (QED) is 0.605. The van der Waals surface area contributed by atoms with Crippen molar-refractivity contribution in [2.24, 2.45) is 0 Å². The third kappa shape index (κ3) is 4.37. The number of para-hydroxylation sites is 1. The number of aromatic nitrogens is 3. The highest BCUT2D eigenvalue weighted by atomic mass is 79.9. The van der Waals surface area contributed by atoms with Gasteiger partial charge in [0.15, 0.2) is 0 Å². The van der Waals surface area contributed by atoms with Crippen LogP contribution in [0, 0.1) is 0 Å². The van der Waals surface area contributed by atoms with Gasteiger partial charge in [-0.15, -0.1) is 0 Å². The van der Waals surface area contributed by atoms with E-state index in [0.717, 1.165) is 54.2 Å². The molecule has 1 N–H and O–H groups in total. The zero-order chi connectivity index (χ0) is 21.0. The first-order valence-corrected chi connectivity index (χ1v) is 11.4. The zero-order valence-electron chi connectivity index (χ0n) is 17.3. The van der Waals surface area contributed by atoms with Crippen molar-refractivity contribution in [2.45, 2.75) is 13.0 Å². The van der Waals surface area contributed by atoms with Gasteiger partial charge in [0.1, 0.15) is 5.82 Å². The maximum Gasteiger partial charge on any atom is 0.130 e. The molecule has 31 heavy (non-hydrogen) atoms. The lowest BCUT2D eigenvalue weighted by atomic mass is 10.2. The van der Waals surface area contributed by atoms with E-state index in [1.807, 2.05) is 23.1 Å². The molecule has 0 bridgehead atoms. The largest absolute Gasteiger partial charge is 0.368 e. The van der Waals surface area contributed by atoms with Crippen LogP contribution >= 0.6 is 15.9 Å². The van der Waals surface area contributed by atoms with E-state index in [-0.39, 0.29) is 0 Å². The average molecular weight is 477 g/mol. The van der Waals surface area contributed by atoms with Crippen LogP contribution < -0.4 is 10.2 Å². The van der Waals surface area contributed by atoms with E-state index >= 15 is 0 Å². The van der Waals surface area contributed by atoms with Crippen LogP contribution in [0.5, 0.6) is 0 Å². The highest BCUT2D eigenvalue weighted by Crippen LogP contribution is 2.26. The summed E-state index contributed by atoms with van der Waals surface area (Å²) in [5, 5.41) is 8.18. The molecule has 0 saturated carbocycles. The Morgan fingerprint density at radius 2 is 1.74 bits per heavy atom. The molecule has 5 rings (SSSR count). The predicted molar refractivity (Wildman–Crippen MR) is 127 cm³/mol. The van der Waals surface area contributed by atoms with Gasteiger partial charge in [-0.2, -0.15) is 5.10 Å². The molecule has 0 unspecified atom stereocenters. The Morgan fingerprint density at radius 3 is 2.52 bits per heavy atom. The Hall–Kier alpha value is -3.06. The second kappa shape index (κ2) is 8.98. The molecule has 1 fully saturated rings. The van der Waals surface area contributed by atoms with E-state index in [4.69, 9.17) is 0 Å². The van der Waals surface area contributed by atoms with Gasteiger partial charge in [-0.1, -0.05) is 30.3 Å². The standard InChI is InChI=1S/C24H25BrN6/c25-22-18-28-31-23(22)9-8-21(15-24(31)27-17-19-5-4-10-26-16-19)30-13-11-29(12-14-30)20-6-2-1-3-7-20/h1-8,10,15-16,18,27H,9,11-14,17H2. The number of hydrogen-bond acceptors (Lipinski definition) is 5. The second-order valence-electron chi connectivity index (χ2n) is 7.74. The molecule has 0 radical (unpaired) electrons. The first kappa shape index (κ1) is 19.9. The van der Waals surface area contributed by atoms with Gasteiger partial charge in [0, 0.05) is 69.0 Å². The summed E-state index contributed by atoms with van der Waals surface area (Å²) in [6.07, 6.45) is 10.9. The van der Waals surface area contributed by atoms with Crippen molar-refractivity contribution in [3.63, 3.8) is 0 Å². The SMILES string of the molecule is Brc1cnn2c1CC=C(N1CCN(c3ccccc3)CC1)C=C2NCc1cccnc1. The lowest BCUT2D eigenvalue weighted by molar-refractivity contribution is 0.329. The van der Waals surface area contributed by atoms with Crippen molar-refractivity contribution >= 4 is 27.4 Å². The molecule has 0 atom stereocenters. The van der Waals surface area contributed by atoms with Crippen LogP contribution in [0.3, 0.4) is 0 Å². The fourth-order valence-electron chi connectivity index (χ4n) is 4.11. The third-order valence-corrected chi connectivity index (χ3v) is 6.46. The molecular formula is C24H25BrN6. The molecule has 0 aliphatic carbocycles.